The summed E-state index contributed by atoms with van der Waals surface area (Å²) in [7, 11) is 2.15. The zero-order valence-electron chi connectivity index (χ0n) is 19.4. The van der Waals surface area contributed by atoms with E-state index in [1.54, 1.807) is 17.2 Å². The monoisotopic (exact) mass is 488 g/mol. The molecular weight excluding hydrogens is 464 g/mol. The number of halogens is 1. The fourth-order valence-corrected chi connectivity index (χ4v) is 4.85. The van der Waals surface area contributed by atoms with Gasteiger partial charge in [0.2, 0.25) is 11.9 Å². The Labute approximate surface area is 208 Å². The second kappa shape index (κ2) is 8.83. The van der Waals surface area contributed by atoms with Crippen molar-refractivity contribution in [2.45, 2.75) is 0 Å². The Morgan fingerprint density at radius 1 is 0.971 bits per heavy atom. The molecule has 0 saturated carbocycles. The number of likely N-dealkylation sites (N-methyl/N-ethyl adjacent to an activating group) is 1. The molecule has 0 unspecified atom stereocenters. The number of nitrogens with zero attached hydrogens (tertiary/aromatic N) is 7. The average Bonchev–Trinajstić information content (AvgIpc) is 3.36. The Kier molecular flexibility index (Phi) is 5.50. The van der Waals surface area contributed by atoms with Gasteiger partial charge in [-0.05, 0) is 43.4 Å². The van der Waals surface area contributed by atoms with Crippen molar-refractivity contribution in [3.05, 3.63) is 65.3 Å². The van der Waals surface area contributed by atoms with E-state index in [0.717, 1.165) is 31.9 Å². The Balaban J connectivity index is 1.25. The van der Waals surface area contributed by atoms with Crippen molar-refractivity contribution in [3.63, 3.8) is 0 Å². The van der Waals surface area contributed by atoms with Crippen LogP contribution >= 0.6 is 11.6 Å². The van der Waals surface area contributed by atoms with Crippen molar-refractivity contribution in [1.29, 1.82) is 0 Å². The summed E-state index contributed by atoms with van der Waals surface area (Å²) in [6.07, 6.45) is 1.57. The zero-order valence-corrected chi connectivity index (χ0v) is 20.1. The van der Waals surface area contributed by atoms with Gasteiger partial charge >= 0.3 is 0 Å². The van der Waals surface area contributed by atoms with Crippen LogP contribution in [-0.4, -0.2) is 73.1 Å². The molecule has 6 rings (SSSR count). The van der Waals surface area contributed by atoms with Crippen LogP contribution in [0.5, 0.6) is 0 Å². The number of aromatic nitrogens is 2. The molecule has 4 heterocycles. The number of carbonyl (C=O) groups is 1. The summed E-state index contributed by atoms with van der Waals surface area (Å²) in [4.78, 5) is 35.4. The van der Waals surface area contributed by atoms with E-state index in [9.17, 15) is 4.79 Å². The molecule has 1 amide bonds. The third kappa shape index (κ3) is 3.96. The Morgan fingerprint density at radius 3 is 2.51 bits per heavy atom. The van der Waals surface area contributed by atoms with E-state index in [1.165, 1.54) is 5.69 Å². The molecule has 10 heteroatoms. The Hall–Kier alpha value is -3.69. The van der Waals surface area contributed by atoms with Crippen LogP contribution in [-0.2, 0) is 0 Å². The minimum Gasteiger partial charge on any atom is -0.369 e. The lowest BCUT2D eigenvalue weighted by Gasteiger charge is -2.35. The summed E-state index contributed by atoms with van der Waals surface area (Å²) < 4.78 is 0. The SMILES string of the molecule is CN1CCN(c2ccc(Nc3ncc4c(n3)N3CCN=C3N(c3ccccc3Cl)C4=O)cc2)CC1. The average molecular weight is 489 g/mol. The quantitative estimate of drug-likeness (QED) is 0.602. The molecule has 0 spiro atoms. The number of nitrogens with one attached hydrogen (secondary N) is 1. The maximum atomic E-state index is 13.4. The normalized spacial score (nSPS) is 17.8. The topological polar surface area (TPSA) is 80.2 Å². The maximum Gasteiger partial charge on any atom is 0.270 e. The van der Waals surface area contributed by atoms with Crippen molar-refractivity contribution in [2.24, 2.45) is 4.99 Å². The van der Waals surface area contributed by atoms with Gasteiger partial charge in [0.25, 0.3) is 5.91 Å². The van der Waals surface area contributed by atoms with Crippen molar-refractivity contribution >= 4 is 52.3 Å². The number of fused-ring (bicyclic) bond motifs is 3. The molecule has 1 saturated heterocycles. The van der Waals surface area contributed by atoms with Gasteiger partial charge < -0.3 is 15.1 Å². The highest BCUT2D eigenvalue weighted by atomic mass is 35.5. The van der Waals surface area contributed by atoms with E-state index in [2.05, 4.69) is 44.3 Å². The van der Waals surface area contributed by atoms with Gasteiger partial charge in [-0.25, -0.2) is 9.88 Å². The highest BCUT2D eigenvalue weighted by molar-refractivity contribution is 6.38. The second-order valence-electron chi connectivity index (χ2n) is 8.82. The molecule has 1 aromatic heterocycles. The van der Waals surface area contributed by atoms with Crippen LogP contribution in [0.1, 0.15) is 10.4 Å². The number of rotatable bonds is 4. The van der Waals surface area contributed by atoms with Gasteiger partial charge in [-0.1, -0.05) is 23.7 Å². The highest BCUT2D eigenvalue weighted by Gasteiger charge is 2.40. The highest BCUT2D eigenvalue weighted by Crippen LogP contribution is 2.35. The zero-order chi connectivity index (χ0) is 23.9. The molecule has 178 valence electrons. The molecule has 3 aliphatic rings. The summed E-state index contributed by atoms with van der Waals surface area (Å²) in [5.74, 6) is 1.28. The van der Waals surface area contributed by atoms with Gasteiger partial charge in [-0.2, -0.15) is 4.98 Å². The number of amides is 1. The van der Waals surface area contributed by atoms with Crippen LogP contribution < -0.4 is 20.0 Å². The van der Waals surface area contributed by atoms with Gasteiger partial charge in [0.1, 0.15) is 5.56 Å². The van der Waals surface area contributed by atoms with Gasteiger partial charge in [-0.3, -0.25) is 14.7 Å². The number of hydrogen-bond acceptors (Lipinski definition) is 8. The van der Waals surface area contributed by atoms with Gasteiger partial charge in [0, 0.05) is 50.3 Å². The molecule has 0 atom stereocenters. The van der Waals surface area contributed by atoms with Crippen LogP contribution in [0.2, 0.25) is 5.02 Å². The standard InChI is InChI=1S/C25H25ClN8O/c1-31-12-14-32(15-13-31)18-8-6-17(7-9-18)29-24-28-16-19-22(30-24)33-11-10-27-25(33)34(23(19)35)21-5-3-2-4-20(21)26/h2-9,16H,10-15H2,1H3,(H,28,29,30). The first-order chi connectivity index (χ1) is 17.1. The predicted molar refractivity (Wildman–Crippen MR) is 139 cm³/mol. The van der Waals surface area contributed by atoms with Gasteiger partial charge in [0.05, 0.1) is 17.3 Å². The van der Waals surface area contributed by atoms with E-state index in [0.29, 0.717) is 47.1 Å². The third-order valence-electron chi connectivity index (χ3n) is 6.56. The summed E-state index contributed by atoms with van der Waals surface area (Å²) in [5, 5.41) is 3.76. The largest absolute Gasteiger partial charge is 0.369 e. The smallest absolute Gasteiger partial charge is 0.270 e. The number of carbonyl (C=O) groups excluding carboxylic acids is 1. The lowest BCUT2D eigenvalue weighted by molar-refractivity contribution is 0.1000. The number of para-hydroxylation sites is 1. The van der Waals surface area contributed by atoms with Gasteiger partial charge in [-0.15, -0.1) is 0 Å². The van der Waals surface area contributed by atoms with Crippen LogP contribution in [0.15, 0.2) is 59.7 Å². The lowest BCUT2D eigenvalue weighted by atomic mass is 10.1. The van der Waals surface area contributed by atoms with Crippen molar-refractivity contribution in [3.8, 4) is 0 Å². The Morgan fingerprint density at radius 2 is 1.74 bits per heavy atom. The van der Waals surface area contributed by atoms with E-state index in [-0.39, 0.29) is 5.91 Å². The van der Waals surface area contributed by atoms with E-state index >= 15 is 0 Å². The molecule has 2 aromatic carbocycles. The molecular formula is C25H25ClN8O. The minimum atomic E-state index is -0.243. The minimum absolute atomic E-state index is 0.243. The number of anilines is 5. The van der Waals surface area contributed by atoms with Crippen LogP contribution in [0, 0.1) is 0 Å². The fraction of sp³-hybridized carbons (Fsp3) is 0.280. The lowest BCUT2D eigenvalue weighted by Crippen LogP contribution is -2.51. The van der Waals surface area contributed by atoms with E-state index in [1.807, 2.05) is 35.2 Å². The molecule has 0 bridgehead atoms. The number of hydrogen-bond donors (Lipinski definition) is 1. The summed E-state index contributed by atoms with van der Waals surface area (Å²) in [5.41, 5.74) is 3.11. The van der Waals surface area contributed by atoms with Crippen molar-refractivity contribution in [2.75, 3.05) is 66.3 Å². The molecule has 3 aromatic rings. The Bertz CT molecular complexity index is 1300. The molecule has 35 heavy (non-hydrogen) atoms. The van der Waals surface area contributed by atoms with E-state index < -0.39 is 0 Å². The first-order valence-electron chi connectivity index (χ1n) is 11.7. The van der Waals surface area contributed by atoms with Crippen molar-refractivity contribution < 1.29 is 4.79 Å². The first kappa shape index (κ1) is 21.8. The molecule has 9 nitrogen and oxygen atoms in total. The third-order valence-corrected chi connectivity index (χ3v) is 6.88. The predicted octanol–water partition coefficient (Wildman–Crippen LogP) is 3.46. The van der Waals surface area contributed by atoms with Crippen LogP contribution in [0.3, 0.4) is 0 Å². The summed E-state index contributed by atoms with van der Waals surface area (Å²) in [6, 6.07) is 15.5. The molecule has 1 fully saturated rings. The van der Waals surface area contributed by atoms with Crippen molar-refractivity contribution in [1.82, 2.24) is 14.9 Å². The summed E-state index contributed by atoms with van der Waals surface area (Å²) >= 11 is 6.41. The molecule has 0 radical (unpaired) electrons. The second-order valence-corrected chi connectivity index (χ2v) is 9.23. The van der Waals surface area contributed by atoms with Gasteiger partial charge in [0.15, 0.2) is 5.82 Å². The van der Waals surface area contributed by atoms with E-state index in [4.69, 9.17) is 16.6 Å². The molecule has 1 N–H and O–H groups in total. The number of benzene rings is 2. The number of guanidine groups is 1. The van der Waals surface area contributed by atoms with Crippen LogP contribution in [0.4, 0.5) is 28.8 Å². The molecule has 3 aliphatic heterocycles. The fourth-order valence-electron chi connectivity index (χ4n) is 4.63. The number of piperazine rings is 1. The first-order valence-corrected chi connectivity index (χ1v) is 12.0. The van der Waals surface area contributed by atoms with Crippen LogP contribution in [0.25, 0.3) is 0 Å². The number of aliphatic imine (C=N–C) groups is 1. The maximum absolute atomic E-state index is 13.4. The molecule has 0 aliphatic carbocycles. The summed E-state index contributed by atoms with van der Waals surface area (Å²) in [6.45, 7) is 5.39.